The van der Waals surface area contributed by atoms with Crippen molar-refractivity contribution in [2.24, 2.45) is 0 Å². The first-order valence-electron chi connectivity index (χ1n) is 8.78. The zero-order valence-corrected chi connectivity index (χ0v) is 16.4. The second-order valence-electron chi connectivity index (χ2n) is 6.06. The van der Waals surface area contributed by atoms with Gasteiger partial charge < -0.3 is 14.8 Å². The van der Waals surface area contributed by atoms with Crippen LogP contribution < -0.4 is 15.4 Å². The molecule has 0 atom stereocenters. The molecule has 148 valence electrons. The summed E-state index contributed by atoms with van der Waals surface area (Å²) in [6, 6.07) is 21.0. The minimum absolute atomic E-state index is 0.301. The van der Waals surface area contributed by atoms with Crippen LogP contribution in [-0.2, 0) is 11.3 Å². The van der Waals surface area contributed by atoms with Gasteiger partial charge in [-0.15, -0.1) is 0 Å². The monoisotopic (exact) mass is 410 g/mol. The molecule has 0 radical (unpaired) electrons. The summed E-state index contributed by atoms with van der Waals surface area (Å²) in [5, 5.41) is 6.02. The molecule has 0 aliphatic heterocycles. The van der Waals surface area contributed by atoms with Crippen LogP contribution in [0.25, 0.3) is 0 Å². The number of carbonyl (C=O) groups is 2. The van der Waals surface area contributed by atoms with Crippen molar-refractivity contribution in [2.75, 3.05) is 17.7 Å². The molecule has 6 nitrogen and oxygen atoms in total. The Balaban J connectivity index is 1.66. The minimum Gasteiger partial charge on any atom is -0.488 e. The highest BCUT2D eigenvalue weighted by molar-refractivity contribution is 6.30. The summed E-state index contributed by atoms with van der Waals surface area (Å²) in [6.45, 7) is 0.315. The molecule has 0 heterocycles. The fourth-order valence-corrected chi connectivity index (χ4v) is 2.65. The number of hydrogen-bond acceptors (Lipinski definition) is 4. The number of carbonyl (C=O) groups excluding carboxylic acids is 2. The van der Waals surface area contributed by atoms with Gasteiger partial charge in [0.15, 0.2) is 0 Å². The van der Waals surface area contributed by atoms with E-state index in [4.69, 9.17) is 16.3 Å². The average molecular weight is 411 g/mol. The Labute approximate surface area is 173 Å². The van der Waals surface area contributed by atoms with Crippen LogP contribution >= 0.6 is 11.6 Å². The molecule has 7 heteroatoms. The number of ether oxygens (including phenoxy) is 2. The second-order valence-corrected chi connectivity index (χ2v) is 6.50. The summed E-state index contributed by atoms with van der Waals surface area (Å²) in [4.78, 5) is 23.9. The summed E-state index contributed by atoms with van der Waals surface area (Å²) < 4.78 is 10.4. The Bertz CT molecular complexity index is 988. The van der Waals surface area contributed by atoms with Gasteiger partial charge in [-0.1, -0.05) is 35.9 Å². The predicted octanol–water partition coefficient (Wildman–Crippen LogP) is 5.35. The third kappa shape index (κ3) is 5.73. The Morgan fingerprint density at radius 2 is 1.48 bits per heavy atom. The number of amides is 2. The van der Waals surface area contributed by atoms with Crippen molar-refractivity contribution in [2.45, 2.75) is 6.61 Å². The lowest BCUT2D eigenvalue weighted by molar-refractivity contribution is 0.102. The lowest BCUT2D eigenvalue weighted by Gasteiger charge is -2.12. The summed E-state index contributed by atoms with van der Waals surface area (Å²) in [6.07, 6.45) is -0.562. The molecule has 3 aromatic carbocycles. The Morgan fingerprint density at radius 1 is 0.862 bits per heavy atom. The molecule has 0 fully saturated rings. The highest BCUT2D eigenvalue weighted by Gasteiger charge is 2.13. The Hall–Kier alpha value is -3.51. The van der Waals surface area contributed by atoms with Crippen LogP contribution in [0, 0.1) is 0 Å². The van der Waals surface area contributed by atoms with Crippen LogP contribution in [0.4, 0.5) is 16.2 Å². The number of benzene rings is 3. The first kappa shape index (κ1) is 20.2. The van der Waals surface area contributed by atoms with Gasteiger partial charge in [-0.2, -0.15) is 0 Å². The molecule has 0 aliphatic carbocycles. The maximum absolute atomic E-state index is 12.7. The van der Waals surface area contributed by atoms with E-state index in [2.05, 4.69) is 15.4 Å². The number of halogens is 1. The van der Waals surface area contributed by atoms with E-state index >= 15 is 0 Å². The third-order valence-corrected chi connectivity index (χ3v) is 4.27. The second kappa shape index (κ2) is 9.61. The molecule has 0 aromatic heterocycles. The van der Waals surface area contributed by atoms with Crippen LogP contribution in [0.1, 0.15) is 15.9 Å². The molecule has 3 rings (SSSR count). The lowest BCUT2D eigenvalue weighted by Crippen LogP contribution is -2.14. The van der Waals surface area contributed by atoms with Gasteiger partial charge in [0.2, 0.25) is 0 Å². The summed E-state index contributed by atoms with van der Waals surface area (Å²) >= 11 is 5.89. The van der Waals surface area contributed by atoms with E-state index in [1.807, 2.05) is 12.1 Å². The quantitative estimate of drug-likeness (QED) is 0.574. The van der Waals surface area contributed by atoms with Crippen molar-refractivity contribution < 1.29 is 19.1 Å². The van der Waals surface area contributed by atoms with E-state index in [9.17, 15) is 9.59 Å². The molecule has 2 N–H and O–H groups in total. The van der Waals surface area contributed by atoms with E-state index in [0.29, 0.717) is 34.3 Å². The number of para-hydroxylation sites is 1. The summed E-state index contributed by atoms with van der Waals surface area (Å²) in [5.74, 6) is 0.175. The fourth-order valence-electron chi connectivity index (χ4n) is 2.53. The largest absolute Gasteiger partial charge is 0.488 e. The minimum atomic E-state index is -0.562. The lowest BCUT2D eigenvalue weighted by atomic mass is 10.1. The number of nitrogens with one attached hydrogen (secondary N) is 2. The normalized spacial score (nSPS) is 10.1. The first-order chi connectivity index (χ1) is 14.0. The number of anilines is 2. The molecule has 3 aromatic rings. The fraction of sp³-hybridized carbons (Fsp3) is 0.0909. The molecule has 29 heavy (non-hydrogen) atoms. The molecule has 2 amide bonds. The third-order valence-electron chi connectivity index (χ3n) is 4.01. The summed E-state index contributed by atoms with van der Waals surface area (Å²) in [7, 11) is 1.29. The maximum atomic E-state index is 12.7. The highest BCUT2D eigenvalue weighted by Crippen LogP contribution is 2.22. The van der Waals surface area contributed by atoms with Crippen LogP contribution in [0.3, 0.4) is 0 Å². The van der Waals surface area contributed by atoms with Gasteiger partial charge >= 0.3 is 6.09 Å². The molecular weight excluding hydrogens is 392 g/mol. The Morgan fingerprint density at radius 3 is 2.14 bits per heavy atom. The van der Waals surface area contributed by atoms with Gasteiger partial charge in [0.1, 0.15) is 12.4 Å². The molecule has 0 saturated heterocycles. The molecule has 0 spiro atoms. The first-order valence-corrected chi connectivity index (χ1v) is 9.15. The van der Waals surface area contributed by atoms with Crippen molar-refractivity contribution in [3.05, 3.63) is 88.9 Å². The van der Waals surface area contributed by atoms with Crippen molar-refractivity contribution in [3.63, 3.8) is 0 Å². The topological polar surface area (TPSA) is 76.7 Å². The molecule has 0 aliphatic rings. The number of rotatable bonds is 6. The van der Waals surface area contributed by atoms with Gasteiger partial charge in [0, 0.05) is 16.4 Å². The van der Waals surface area contributed by atoms with Crippen LogP contribution in [0.2, 0.25) is 5.02 Å². The van der Waals surface area contributed by atoms with Gasteiger partial charge in [0.05, 0.1) is 12.7 Å². The van der Waals surface area contributed by atoms with Crippen LogP contribution in [0.15, 0.2) is 72.8 Å². The van der Waals surface area contributed by atoms with E-state index in [-0.39, 0.29) is 5.91 Å². The number of methoxy groups -OCH3 is 1. The van der Waals surface area contributed by atoms with Crippen molar-refractivity contribution in [3.8, 4) is 5.75 Å². The maximum Gasteiger partial charge on any atom is 0.411 e. The van der Waals surface area contributed by atoms with E-state index in [1.54, 1.807) is 60.7 Å². The predicted molar refractivity (Wildman–Crippen MR) is 113 cm³/mol. The highest BCUT2D eigenvalue weighted by atomic mass is 35.5. The zero-order valence-electron chi connectivity index (χ0n) is 15.6. The molecule has 0 bridgehead atoms. The van der Waals surface area contributed by atoms with Crippen molar-refractivity contribution in [1.82, 2.24) is 0 Å². The van der Waals surface area contributed by atoms with Crippen LogP contribution in [0.5, 0.6) is 5.75 Å². The van der Waals surface area contributed by atoms with Gasteiger partial charge in [-0.05, 0) is 54.1 Å². The average Bonchev–Trinajstić information content (AvgIpc) is 2.75. The van der Waals surface area contributed by atoms with E-state index < -0.39 is 6.09 Å². The molecule has 0 saturated carbocycles. The number of hydrogen-bond donors (Lipinski definition) is 2. The molecular formula is C22H19ClN2O4. The van der Waals surface area contributed by atoms with E-state index in [1.165, 1.54) is 7.11 Å². The van der Waals surface area contributed by atoms with Gasteiger partial charge in [0.25, 0.3) is 5.91 Å². The summed E-state index contributed by atoms with van der Waals surface area (Å²) in [5.41, 5.74) is 2.50. The van der Waals surface area contributed by atoms with Crippen LogP contribution in [-0.4, -0.2) is 19.1 Å². The standard InChI is InChI=1S/C22H19ClN2O4/c1-28-22(27)25-18-12-10-17(11-13-18)24-21(26)19-4-2-3-5-20(19)29-14-15-6-8-16(23)9-7-15/h2-13H,14H2,1H3,(H,24,26)(H,25,27). The van der Waals surface area contributed by atoms with Gasteiger partial charge in [-0.25, -0.2) is 4.79 Å². The zero-order chi connectivity index (χ0) is 20.6. The molecule has 0 unspecified atom stereocenters. The smallest absolute Gasteiger partial charge is 0.411 e. The van der Waals surface area contributed by atoms with E-state index in [0.717, 1.165) is 5.56 Å². The van der Waals surface area contributed by atoms with Gasteiger partial charge in [-0.3, -0.25) is 10.1 Å². The Kier molecular flexibility index (Phi) is 6.71. The van der Waals surface area contributed by atoms with Crippen molar-refractivity contribution in [1.29, 1.82) is 0 Å². The SMILES string of the molecule is COC(=O)Nc1ccc(NC(=O)c2ccccc2OCc2ccc(Cl)cc2)cc1. The van der Waals surface area contributed by atoms with Crippen molar-refractivity contribution >= 4 is 35.0 Å².